The van der Waals surface area contributed by atoms with Gasteiger partial charge in [0.25, 0.3) is 5.56 Å². The lowest BCUT2D eigenvalue weighted by atomic mass is 10.1. The molecule has 2 aromatic heterocycles. The average Bonchev–Trinajstić information content (AvgIpc) is 2.77. The lowest BCUT2D eigenvalue weighted by molar-refractivity contribution is 0.784. The van der Waals surface area contributed by atoms with Crippen LogP contribution in [0.25, 0.3) is 0 Å². The maximum absolute atomic E-state index is 11.4. The van der Waals surface area contributed by atoms with Crippen molar-refractivity contribution in [2.75, 3.05) is 5.32 Å². The Kier molecular flexibility index (Phi) is 3.96. The van der Waals surface area contributed by atoms with Gasteiger partial charge in [0.2, 0.25) is 0 Å². The first kappa shape index (κ1) is 12.3. The number of H-pyrrole nitrogens is 1. The van der Waals surface area contributed by atoms with Gasteiger partial charge in [0, 0.05) is 6.04 Å². The van der Waals surface area contributed by atoms with Crippen LogP contribution in [-0.2, 0) is 6.42 Å². The third kappa shape index (κ3) is 3.17. The second-order valence-electron chi connectivity index (χ2n) is 3.78. The van der Waals surface area contributed by atoms with E-state index in [0.717, 1.165) is 6.42 Å². The molecular formula is C11H12BrN3OS. The number of nitrogens with zero attached hydrogens (tertiary/aromatic N) is 1. The zero-order chi connectivity index (χ0) is 12.3. The van der Waals surface area contributed by atoms with Gasteiger partial charge in [-0.05, 0) is 51.7 Å². The molecule has 1 unspecified atom stereocenters. The van der Waals surface area contributed by atoms with Gasteiger partial charge in [-0.2, -0.15) is 11.3 Å². The zero-order valence-corrected chi connectivity index (χ0v) is 11.6. The number of aromatic nitrogens is 2. The molecule has 2 rings (SSSR count). The van der Waals surface area contributed by atoms with E-state index in [2.05, 4.69) is 55.0 Å². The minimum absolute atomic E-state index is 0.176. The highest BCUT2D eigenvalue weighted by Gasteiger charge is 2.09. The van der Waals surface area contributed by atoms with Crippen molar-refractivity contribution in [3.63, 3.8) is 0 Å². The van der Waals surface area contributed by atoms with Crippen LogP contribution < -0.4 is 10.9 Å². The summed E-state index contributed by atoms with van der Waals surface area (Å²) in [6.45, 7) is 2.06. The number of thiophene rings is 1. The summed E-state index contributed by atoms with van der Waals surface area (Å²) in [4.78, 5) is 18.0. The molecule has 4 nitrogen and oxygen atoms in total. The fourth-order valence-electron chi connectivity index (χ4n) is 1.53. The quantitative estimate of drug-likeness (QED) is 0.912. The summed E-state index contributed by atoms with van der Waals surface area (Å²) in [6, 6.07) is 2.32. The normalized spacial score (nSPS) is 12.4. The highest BCUT2D eigenvalue weighted by Crippen LogP contribution is 2.16. The summed E-state index contributed by atoms with van der Waals surface area (Å²) in [5, 5.41) is 7.40. The van der Waals surface area contributed by atoms with Crippen molar-refractivity contribution in [1.82, 2.24) is 9.97 Å². The minimum Gasteiger partial charge on any atom is -0.366 e. The van der Waals surface area contributed by atoms with Crippen molar-refractivity contribution in [2.24, 2.45) is 0 Å². The molecule has 0 bridgehead atoms. The van der Waals surface area contributed by atoms with Crippen molar-refractivity contribution in [3.05, 3.63) is 43.5 Å². The third-order valence-electron chi connectivity index (χ3n) is 2.30. The van der Waals surface area contributed by atoms with Gasteiger partial charge in [0.1, 0.15) is 10.3 Å². The molecule has 17 heavy (non-hydrogen) atoms. The number of anilines is 1. The second kappa shape index (κ2) is 5.46. The SMILES string of the molecule is CC(Cc1ccsc1)Nc1nc[nH]c(=O)c1Br. The first-order valence-corrected chi connectivity index (χ1v) is 6.91. The highest BCUT2D eigenvalue weighted by molar-refractivity contribution is 9.10. The largest absolute Gasteiger partial charge is 0.366 e. The lowest BCUT2D eigenvalue weighted by Crippen LogP contribution is -2.21. The molecule has 0 spiro atoms. The van der Waals surface area contributed by atoms with E-state index < -0.39 is 0 Å². The molecule has 6 heteroatoms. The van der Waals surface area contributed by atoms with Crippen LogP contribution >= 0.6 is 27.3 Å². The fraction of sp³-hybridized carbons (Fsp3) is 0.273. The summed E-state index contributed by atoms with van der Waals surface area (Å²) < 4.78 is 0.442. The van der Waals surface area contributed by atoms with Gasteiger partial charge in [-0.1, -0.05) is 0 Å². The molecule has 0 aliphatic rings. The molecule has 2 N–H and O–H groups in total. The Morgan fingerprint density at radius 2 is 2.47 bits per heavy atom. The Balaban J connectivity index is 2.05. The third-order valence-corrected chi connectivity index (χ3v) is 3.77. The number of nitrogens with one attached hydrogen (secondary N) is 2. The van der Waals surface area contributed by atoms with Crippen LogP contribution in [-0.4, -0.2) is 16.0 Å². The summed E-state index contributed by atoms with van der Waals surface area (Å²) in [5.41, 5.74) is 1.11. The van der Waals surface area contributed by atoms with Crippen LogP contribution in [0.5, 0.6) is 0 Å². The molecule has 0 aliphatic carbocycles. The summed E-state index contributed by atoms with van der Waals surface area (Å²) >= 11 is 4.91. The van der Waals surface area contributed by atoms with E-state index in [0.29, 0.717) is 10.3 Å². The summed E-state index contributed by atoms with van der Waals surface area (Å²) in [7, 11) is 0. The van der Waals surface area contributed by atoms with Crippen LogP contribution in [0.2, 0.25) is 0 Å². The average molecular weight is 314 g/mol. The van der Waals surface area contributed by atoms with Crippen molar-refractivity contribution in [1.29, 1.82) is 0 Å². The smallest absolute Gasteiger partial charge is 0.267 e. The standard InChI is InChI=1S/C11H12BrN3OS/c1-7(4-8-2-3-17-5-8)15-10-9(12)11(16)14-6-13-10/h2-3,5-7H,4H2,1H3,(H2,13,14,15,16). The molecule has 0 aromatic carbocycles. The van der Waals surface area contributed by atoms with Crippen LogP contribution in [0.15, 0.2) is 32.4 Å². The van der Waals surface area contributed by atoms with Gasteiger partial charge >= 0.3 is 0 Å². The topological polar surface area (TPSA) is 57.8 Å². The zero-order valence-electron chi connectivity index (χ0n) is 9.24. The summed E-state index contributed by atoms with van der Waals surface area (Å²) in [5.74, 6) is 0.580. The second-order valence-corrected chi connectivity index (χ2v) is 5.35. The van der Waals surface area contributed by atoms with Crippen LogP contribution in [0.1, 0.15) is 12.5 Å². The number of halogens is 1. The van der Waals surface area contributed by atoms with Crippen molar-refractivity contribution >= 4 is 33.1 Å². The molecule has 0 saturated heterocycles. The first-order valence-electron chi connectivity index (χ1n) is 5.17. The molecule has 0 aliphatic heterocycles. The van der Waals surface area contributed by atoms with E-state index in [-0.39, 0.29) is 11.6 Å². The van der Waals surface area contributed by atoms with Crippen molar-refractivity contribution in [2.45, 2.75) is 19.4 Å². The predicted molar refractivity (Wildman–Crippen MR) is 73.7 cm³/mol. The van der Waals surface area contributed by atoms with Gasteiger partial charge in [0.05, 0.1) is 6.33 Å². The summed E-state index contributed by atoms with van der Waals surface area (Å²) in [6.07, 6.45) is 2.30. The molecule has 0 amide bonds. The first-order chi connectivity index (χ1) is 8.16. The molecule has 0 radical (unpaired) electrons. The molecule has 2 aromatic rings. The van der Waals surface area contributed by atoms with Gasteiger partial charge in [-0.25, -0.2) is 4.98 Å². The minimum atomic E-state index is -0.176. The Bertz CT molecular complexity index is 538. The maximum Gasteiger partial charge on any atom is 0.267 e. The Morgan fingerprint density at radius 1 is 1.65 bits per heavy atom. The monoisotopic (exact) mass is 313 g/mol. The maximum atomic E-state index is 11.4. The Labute approximate surface area is 111 Å². The van der Waals surface area contributed by atoms with Crippen molar-refractivity contribution < 1.29 is 0 Å². The lowest BCUT2D eigenvalue weighted by Gasteiger charge is -2.14. The molecule has 90 valence electrons. The van der Waals surface area contributed by atoms with Gasteiger partial charge in [-0.3, -0.25) is 4.79 Å². The predicted octanol–water partition coefficient (Wildman–Crippen LogP) is 2.64. The molecule has 2 heterocycles. The molecule has 0 fully saturated rings. The number of rotatable bonds is 4. The number of aromatic amines is 1. The Morgan fingerprint density at radius 3 is 3.18 bits per heavy atom. The molecule has 0 saturated carbocycles. The van der Waals surface area contributed by atoms with E-state index >= 15 is 0 Å². The van der Waals surface area contributed by atoms with Crippen LogP contribution in [0.3, 0.4) is 0 Å². The van der Waals surface area contributed by atoms with E-state index in [9.17, 15) is 4.79 Å². The van der Waals surface area contributed by atoms with E-state index in [1.54, 1.807) is 11.3 Å². The number of hydrogen-bond acceptors (Lipinski definition) is 4. The highest BCUT2D eigenvalue weighted by atomic mass is 79.9. The van der Waals surface area contributed by atoms with E-state index in [4.69, 9.17) is 0 Å². The molecule has 1 atom stereocenters. The van der Waals surface area contributed by atoms with Gasteiger partial charge < -0.3 is 10.3 Å². The van der Waals surface area contributed by atoms with Gasteiger partial charge in [0.15, 0.2) is 0 Å². The number of hydrogen-bond donors (Lipinski definition) is 2. The fourth-order valence-corrected chi connectivity index (χ4v) is 2.54. The van der Waals surface area contributed by atoms with Crippen LogP contribution in [0, 0.1) is 0 Å². The van der Waals surface area contributed by atoms with Crippen LogP contribution in [0.4, 0.5) is 5.82 Å². The van der Waals surface area contributed by atoms with E-state index in [1.807, 2.05) is 0 Å². The Hall–Kier alpha value is -1.14. The van der Waals surface area contributed by atoms with Gasteiger partial charge in [-0.15, -0.1) is 0 Å². The van der Waals surface area contributed by atoms with E-state index in [1.165, 1.54) is 11.9 Å². The molecular weight excluding hydrogens is 302 g/mol. The van der Waals surface area contributed by atoms with Crippen molar-refractivity contribution in [3.8, 4) is 0 Å².